The molecule has 0 radical (unpaired) electrons. The highest BCUT2D eigenvalue weighted by Gasteiger charge is 2.17. The van der Waals surface area contributed by atoms with Crippen molar-refractivity contribution in [3.8, 4) is 5.75 Å². The highest BCUT2D eigenvalue weighted by molar-refractivity contribution is 7.92. The van der Waals surface area contributed by atoms with E-state index < -0.39 is 15.8 Å². The molecule has 0 spiro atoms. The van der Waals surface area contributed by atoms with Crippen LogP contribution in [-0.2, 0) is 10.0 Å². The van der Waals surface area contributed by atoms with E-state index in [0.717, 1.165) is 6.07 Å². The quantitative estimate of drug-likeness (QED) is 0.895. The molecule has 1 aromatic heterocycles. The maximum absolute atomic E-state index is 13.5. The number of sulfonamides is 1. The summed E-state index contributed by atoms with van der Waals surface area (Å²) < 4.78 is 44.4. The number of anilines is 1. The first-order valence-corrected chi connectivity index (χ1v) is 6.79. The van der Waals surface area contributed by atoms with E-state index >= 15 is 0 Å². The first-order valence-electron chi connectivity index (χ1n) is 5.31. The first kappa shape index (κ1) is 13.3. The molecule has 0 bridgehead atoms. The monoisotopic (exact) mass is 285 g/mol. The molecule has 0 saturated heterocycles. The number of aryl methyl sites for hydroxylation is 1. The molecule has 0 amide bonds. The number of rotatable bonds is 4. The van der Waals surface area contributed by atoms with Crippen LogP contribution in [0.5, 0.6) is 5.75 Å². The third-order valence-corrected chi connectivity index (χ3v) is 3.73. The van der Waals surface area contributed by atoms with Gasteiger partial charge >= 0.3 is 0 Å². The number of halogens is 1. The molecular formula is C11H12FN3O3S. The zero-order chi connectivity index (χ0) is 14.0. The molecule has 1 aromatic carbocycles. The second-order valence-corrected chi connectivity index (χ2v) is 5.52. The Balaban J connectivity index is 2.31. The molecule has 8 heteroatoms. The topological polar surface area (TPSA) is 84.1 Å². The molecule has 0 unspecified atom stereocenters. The number of methoxy groups -OCH3 is 1. The Bertz CT molecular complexity index is 697. The third-order valence-electron chi connectivity index (χ3n) is 2.38. The van der Waals surface area contributed by atoms with Crippen molar-refractivity contribution in [1.29, 1.82) is 0 Å². The molecule has 2 aromatic rings. The zero-order valence-corrected chi connectivity index (χ0v) is 11.1. The largest absolute Gasteiger partial charge is 0.494 e. The van der Waals surface area contributed by atoms with E-state index in [1.165, 1.54) is 25.3 Å². The number of nitrogens with one attached hydrogen (secondary N) is 2. The molecule has 0 aliphatic heterocycles. The summed E-state index contributed by atoms with van der Waals surface area (Å²) in [5.41, 5.74) is 0.707. The second-order valence-electron chi connectivity index (χ2n) is 3.84. The van der Waals surface area contributed by atoms with Gasteiger partial charge in [-0.1, -0.05) is 0 Å². The van der Waals surface area contributed by atoms with E-state index in [2.05, 4.69) is 14.9 Å². The zero-order valence-electron chi connectivity index (χ0n) is 10.3. The molecule has 0 aliphatic carbocycles. The fourth-order valence-corrected chi connectivity index (χ4v) is 2.48. The summed E-state index contributed by atoms with van der Waals surface area (Å²) in [5.74, 6) is -0.619. The molecule has 0 atom stereocenters. The van der Waals surface area contributed by atoms with E-state index in [4.69, 9.17) is 4.74 Å². The molecular weight excluding hydrogens is 273 g/mol. The minimum Gasteiger partial charge on any atom is -0.494 e. The van der Waals surface area contributed by atoms with Gasteiger partial charge in [-0.2, -0.15) is 5.10 Å². The summed E-state index contributed by atoms with van der Waals surface area (Å²) >= 11 is 0. The fourth-order valence-electron chi connectivity index (χ4n) is 1.48. The number of hydrogen-bond acceptors (Lipinski definition) is 4. The van der Waals surface area contributed by atoms with Gasteiger partial charge in [0.05, 0.1) is 12.0 Å². The molecule has 0 fully saturated rings. The average molecular weight is 285 g/mol. The van der Waals surface area contributed by atoms with Crippen LogP contribution in [-0.4, -0.2) is 25.7 Å². The number of ether oxygens (including phenoxy) is 1. The van der Waals surface area contributed by atoms with Crippen molar-refractivity contribution in [3.63, 3.8) is 0 Å². The van der Waals surface area contributed by atoms with E-state index in [-0.39, 0.29) is 16.5 Å². The Labute approximate surface area is 109 Å². The number of nitrogens with zero attached hydrogens (tertiary/aromatic N) is 1. The Hall–Kier alpha value is -2.09. The normalized spacial score (nSPS) is 11.3. The van der Waals surface area contributed by atoms with Crippen molar-refractivity contribution in [1.82, 2.24) is 10.2 Å². The van der Waals surface area contributed by atoms with Gasteiger partial charge in [0.15, 0.2) is 17.4 Å². The van der Waals surface area contributed by atoms with Crippen LogP contribution in [0.3, 0.4) is 0 Å². The Kier molecular flexibility index (Phi) is 3.43. The van der Waals surface area contributed by atoms with Crippen LogP contribution in [0.1, 0.15) is 5.69 Å². The maximum Gasteiger partial charge on any atom is 0.263 e. The average Bonchev–Trinajstić information content (AvgIpc) is 2.73. The van der Waals surface area contributed by atoms with Gasteiger partial charge < -0.3 is 4.74 Å². The van der Waals surface area contributed by atoms with Crippen molar-refractivity contribution in [3.05, 3.63) is 35.8 Å². The summed E-state index contributed by atoms with van der Waals surface area (Å²) in [4.78, 5) is -0.202. The van der Waals surface area contributed by atoms with Gasteiger partial charge in [-0.05, 0) is 25.1 Å². The van der Waals surface area contributed by atoms with Gasteiger partial charge in [0, 0.05) is 11.8 Å². The molecule has 0 aliphatic rings. The second kappa shape index (κ2) is 4.88. The third kappa shape index (κ3) is 2.84. The lowest BCUT2D eigenvalue weighted by Gasteiger charge is -2.07. The Morgan fingerprint density at radius 1 is 1.37 bits per heavy atom. The summed E-state index contributed by atoms with van der Waals surface area (Å²) in [5, 5.41) is 6.35. The van der Waals surface area contributed by atoms with Crippen LogP contribution in [0, 0.1) is 12.7 Å². The summed E-state index contributed by atoms with van der Waals surface area (Å²) in [7, 11) is -2.57. The van der Waals surface area contributed by atoms with Gasteiger partial charge in [-0.25, -0.2) is 12.8 Å². The molecule has 6 nitrogen and oxygen atoms in total. The smallest absolute Gasteiger partial charge is 0.263 e. The van der Waals surface area contributed by atoms with Crippen LogP contribution in [0.2, 0.25) is 0 Å². The van der Waals surface area contributed by atoms with Crippen molar-refractivity contribution in [2.24, 2.45) is 0 Å². The predicted octanol–water partition coefficient (Wildman–Crippen LogP) is 1.67. The van der Waals surface area contributed by atoms with E-state index in [9.17, 15) is 12.8 Å². The van der Waals surface area contributed by atoms with Gasteiger partial charge in [0.2, 0.25) is 0 Å². The van der Waals surface area contributed by atoms with Crippen molar-refractivity contribution in [2.45, 2.75) is 11.8 Å². The summed E-state index contributed by atoms with van der Waals surface area (Å²) in [6, 6.07) is 4.92. The van der Waals surface area contributed by atoms with Gasteiger partial charge in [0.25, 0.3) is 10.0 Å². The summed E-state index contributed by atoms with van der Waals surface area (Å²) in [6.45, 7) is 1.73. The number of hydrogen-bond donors (Lipinski definition) is 2. The van der Waals surface area contributed by atoms with E-state index in [1.54, 1.807) is 6.92 Å². The SMILES string of the molecule is COc1ccc(S(=O)(=O)Nc2cc(C)[nH]n2)cc1F. The Morgan fingerprint density at radius 2 is 2.11 bits per heavy atom. The molecule has 19 heavy (non-hydrogen) atoms. The molecule has 2 rings (SSSR count). The van der Waals surface area contributed by atoms with Crippen LogP contribution in [0.4, 0.5) is 10.2 Å². The van der Waals surface area contributed by atoms with E-state index in [0.29, 0.717) is 5.69 Å². The highest BCUT2D eigenvalue weighted by Crippen LogP contribution is 2.22. The van der Waals surface area contributed by atoms with Gasteiger partial charge in [-0.15, -0.1) is 0 Å². The molecule has 102 valence electrons. The lowest BCUT2D eigenvalue weighted by Crippen LogP contribution is -2.13. The number of aromatic amines is 1. The van der Waals surface area contributed by atoms with E-state index in [1.807, 2.05) is 0 Å². The molecule has 2 N–H and O–H groups in total. The van der Waals surface area contributed by atoms with Crippen LogP contribution in [0.15, 0.2) is 29.2 Å². The maximum atomic E-state index is 13.5. The minimum absolute atomic E-state index is 0.0189. The lowest BCUT2D eigenvalue weighted by molar-refractivity contribution is 0.385. The van der Waals surface area contributed by atoms with Crippen LogP contribution in [0.25, 0.3) is 0 Å². The van der Waals surface area contributed by atoms with Gasteiger partial charge in [-0.3, -0.25) is 9.82 Å². The van der Waals surface area contributed by atoms with Crippen LogP contribution >= 0.6 is 0 Å². The van der Waals surface area contributed by atoms with Crippen molar-refractivity contribution in [2.75, 3.05) is 11.8 Å². The first-order chi connectivity index (χ1) is 8.92. The fraction of sp³-hybridized carbons (Fsp3) is 0.182. The molecule has 0 saturated carbocycles. The minimum atomic E-state index is -3.88. The summed E-state index contributed by atoms with van der Waals surface area (Å²) in [6.07, 6.45) is 0. The number of H-pyrrole nitrogens is 1. The highest BCUT2D eigenvalue weighted by atomic mass is 32.2. The van der Waals surface area contributed by atoms with Crippen LogP contribution < -0.4 is 9.46 Å². The Morgan fingerprint density at radius 3 is 2.63 bits per heavy atom. The van der Waals surface area contributed by atoms with Crippen molar-refractivity contribution < 1.29 is 17.5 Å². The molecule has 1 heterocycles. The standard InChI is InChI=1S/C11H12FN3O3S/c1-7-5-11(14-13-7)15-19(16,17)8-3-4-10(18-2)9(12)6-8/h3-6H,1-2H3,(H2,13,14,15). The predicted molar refractivity (Wildman–Crippen MR) is 67.1 cm³/mol. The van der Waals surface area contributed by atoms with Gasteiger partial charge in [0.1, 0.15) is 0 Å². The van der Waals surface area contributed by atoms with Crippen molar-refractivity contribution >= 4 is 15.8 Å². The number of aromatic nitrogens is 2. The number of benzene rings is 1. The lowest BCUT2D eigenvalue weighted by atomic mass is 10.3.